The Morgan fingerprint density at radius 1 is 1.38 bits per heavy atom. The van der Waals surface area contributed by atoms with Gasteiger partial charge in [-0.15, -0.1) is 0 Å². The molecule has 2 atom stereocenters. The molecule has 2 N–H and O–H groups in total. The summed E-state index contributed by atoms with van der Waals surface area (Å²) >= 11 is 0. The van der Waals surface area contributed by atoms with Crippen LogP contribution in [0.1, 0.15) is 52.4 Å². The fourth-order valence-corrected chi connectivity index (χ4v) is 2.15. The van der Waals surface area contributed by atoms with Gasteiger partial charge in [0, 0.05) is 12.5 Å². The fraction of sp³-hybridized carbons (Fsp3) is 0.923. The van der Waals surface area contributed by atoms with Crippen molar-refractivity contribution in [1.29, 1.82) is 0 Å². The Labute approximate surface area is 98.7 Å². The van der Waals surface area contributed by atoms with Gasteiger partial charge < -0.3 is 10.5 Å². The van der Waals surface area contributed by atoms with Crippen LogP contribution >= 0.6 is 0 Å². The molecule has 0 radical (unpaired) electrons. The van der Waals surface area contributed by atoms with Gasteiger partial charge in [-0.2, -0.15) is 0 Å². The summed E-state index contributed by atoms with van der Waals surface area (Å²) in [6, 6.07) is -0.115. The lowest BCUT2D eigenvalue weighted by atomic mass is 9.79. The van der Waals surface area contributed by atoms with E-state index in [4.69, 9.17) is 10.5 Å². The Hall–Kier alpha value is -0.410. The van der Waals surface area contributed by atoms with Crippen LogP contribution in [0.2, 0.25) is 0 Å². The first-order valence-electron chi connectivity index (χ1n) is 6.48. The van der Waals surface area contributed by atoms with E-state index in [1.165, 1.54) is 19.3 Å². The van der Waals surface area contributed by atoms with Gasteiger partial charge in [0.05, 0.1) is 18.6 Å². The van der Waals surface area contributed by atoms with Crippen LogP contribution in [0.3, 0.4) is 0 Å². The smallest absolute Gasteiger partial charge is 0.142 e. The molecular weight excluding hydrogens is 202 g/mol. The minimum Gasteiger partial charge on any atom is -0.379 e. The van der Waals surface area contributed by atoms with Crippen LogP contribution < -0.4 is 5.73 Å². The van der Waals surface area contributed by atoms with Gasteiger partial charge in [0.15, 0.2) is 0 Å². The van der Waals surface area contributed by atoms with Crippen molar-refractivity contribution < 1.29 is 9.53 Å². The summed E-state index contributed by atoms with van der Waals surface area (Å²) in [6.07, 6.45) is 6.58. The predicted molar refractivity (Wildman–Crippen MR) is 65.3 cm³/mol. The molecule has 1 rings (SSSR count). The quantitative estimate of drug-likeness (QED) is 0.679. The third-order valence-corrected chi connectivity index (χ3v) is 3.66. The summed E-state index contributed by atoms with van der Waals surface area (Å²) in [5, 5.41) is 0. The van der Waals surface area contributed by atoms with Gasteiger partial charge in [-0.3, -0.25) is 4.79 Å². The molecule has 0 aromatic carbocycles. The standard InChI is InChI=1S/C13H25NO2/c1-3-4-5-6-7-8-12(15)13(2)10-16-9-11(13)14/h11H,3-10,14H2,1-2H3. The number of nitrogens with two attached hydrogens (primary N) is 1. The fourth-order valence-electron chi connectivity index (χ4n) is 2.15. The van der Waals surface area contributed by atoms with E-state index in [0.717, 1.165) is 12.8 Å². The Morgan fingerprint density at radius 2 is 2.06 bits per heavy atom. The first kappa shape index (κ1) is 13.7. The number of carbonyl (C=O) groups is 1. The molecule has 2 unspecified atom stereocenters. The number of carbonyl (C=O) groups excluding carboxylic acids is 1. The van der Waals surface area contributed by atoms with Crippen molar-refractivity contribution in [2.45, 2.75) is 58.4 Å². The SMILES string of the molecule is CCCCCCCC(=O)C1(C)COCC1N. The Kier molecular flexibility index (Phi) is 5.42. The van der Waals surface area contributed by atoms with Crippen molar-refractivity contribution in [2.24, 2.45) is 11.1 Å². The largest absolute Gasteiger partial charge is 0.379 e. The maximum atomic E-state index is 12.1. The van der Waals surface area contributed by atoms with Gasteiger partial charge >= 0.3 is 0 Å². The second kappa shape index (κ2) is 6.36. The number of hydrogen-bond acceptors (Lipinski definition) is 3. The topological polar surface area (TPSA) is 52.3 Å². The van der Waals surface area contributed by atoms with Crippen LogP contribution in [0.4, 0.5) is 0 Å². The van der Waals surface area contributed by atoms with Crippen LogP contribution in [-0.2, 0) is 9.53 Å². The number of ketones is 1. The van der Waals surface area contributed by atoms with Crippen LogP contribution in [0.5, 0.6) is 0 Å². The molecule has 1 heterocycles. The first-order chi connectivity index (χ1) is 7.61. The van der Waals surface area contributed by atoms with Crippen LogP contribution in [0.15, 0.2) is 0 Å². The maximum absolute atomic E-state index is 12.1. The zero-order chi connectivity index (χ0) is 12.0. The highest BCUT2D eigenvalue weighted by Crippen LogP contribution is 2.30. The Morgan fingerprint density at radius 3 is 2.62 bits per heavy atom. The lowest BCUT2D eigenvalue weighted by Gasteiger charge is -2.25. The summed E-state index contributed by atoms with van der Waals surface area (Å²) in [5.74, 6) is 0.286. The number of hydrogen-bond donors (Lipinski definition) is 1. The minimum absolute atomic E-state index is 0.115. The number of ether oxygens (including phenoxy) is 1. The van der Waals surface area contributed by atoms with Crippen molar-refractivity contribution in [3.63, 3.8) is 0 Å². The van der Waals surface area contributed by atoms with E-state index in [0.29, 0.717) is 19.6 Å². The highest BCUT2D eigenvalue weighted by Gasteiger charge is 2.43. The molecule has 1 fully saturated rings. The molecule has 0 aromatic rings. The Balaban J connectivity index is 2.24. The minimum atomic E-state index is -0.426. The van der Waals surface area contributed by atoms with Crippen molar-refractivity contribution in [1.82, 2.24) is 0 Å². The van der Waals surface area contributed by atoms with E-state index < -0.39 is 5.41 Å². The highest BCUT2D eigenvalue weighted by molar-refractivity contribution is 5.85. The lowest BCUT2D eigenvalue weighted by Crippen LogP contribution is -2.44. The normalized spacial score (nSPS) is 29.6. The van der Waals surface area contributed by atoms with Gasteiger partial charge in [-0.25, -0.2) is 0 Å². The molecule has 0 saturated carbocycles. The maximum Gasteiger partial charge on any atom is 0.142 e. The second-order valence-corrected chi connectivity index (χ2v) is 5.13. The van der Waals surface area contributed by atoms with Gasteiger partial charge in [-0.1, -0.05) is 32.6 Å². The van der Waals surface area contributed by atoms with E-state index in [9.17, 15) is 4.79 Å². The van der Waals surface area contributed by atoms with Gasteiger partial charge in [0.2, 0.25) is 0 Å². The Bertz CT molecular complexity index is 230. The molecule has 16 heavy (non-hydrogen) atoms. The van der Waals surface area contributed by atoms with Crippen molar-refractivity contribution in [3.05, 3.63) is 0 Å². The predicted octanol–water partition coefficient (Wildman–Crippen LogP) is 2.28. The average molecular weight is 227 g/mol. The molecule has 0 aliphatic carbocycles. The number of rotatable bonds is 7. The van der Waals surface area contributed by atoms with E-state index in [1.54, 1.807) is 0 Å². The molecule has 3 nitrogen and oxygen atoms in total. The molecule has 1 aliphatic heterocycles. The monoisotopic (exact) mass is 227 g/mol. The van der Waals surface area contributed by atoms with Crippen LogP contribution in [0.25, 0.3) is 0 Å². The zero-order valence-corrected chi connectivity index (χ0v) is 10.6. The average Bonchev–Trinajstić information content (AvgIpc) is 2.60. The first-order valence-corrected chi connectivity index (χ1v) is 6.48. The molecule has 0 bridgehead atoms. The van der Waals surface area contributed by atoms with Gasteiger partial charge in [-0.05, 0) is 13.3 Å². The molecule has 0 spiro atoms. The van der Waals surface area contributed by atoms with Crippen molar-refractivity contribution in [2.75, 3.05) is 13.2 Å². The molecule has 0 amide bonds. The molecule has 0 aromatic heterocycles. The summed E-state index contributed by atoms with van der Waals surface area (Å²) in [5.41, 5.74) is 5.49. The molecule has 3 heteroatoms. The molecular formula is C13H25NO2. The van der Waals surface area contributed by atoms with E-state index >= 15 is 0 Å². The van der Waals surface area contributed by atoms with Gasteiger partial charge in [0.1, 0.15) is 5.78 Å². The van der Waals surface area contributed by atoms with Gasteiger partial charge in [0.25, 0.3) is 0 Å². The highest BCUT2D eigenvalue weighted by atomic mass is 16.5. The number of unbranched alkanes of at least 4 members (excludes halogenated alkanes) is 4. The van der Waals surface area contributed by atoms with Crippen LogP contribution in [0, 0.1) is 5.41 Å². The van der Waals surface area contributed by atoms with Crippen LogP contribution in [-0.4, -0.2) is 25.0 Å². The molecule has 1 aliphatic rings. The van der Waals surface area contributed by atoms with E-state index in [2.05, 4.69) is 6.92 Å². The summed E-state index contributed by atoms with van der Waals surface area (Å²) in [4.78, 5) is 12.1. The van der Waals surface area contributed by atoms with Crippen molar-refractivity contribution in [3.8, 4) is 0 Å². The third kappa shape index (κ3) is 3.29. The summed E-state index contributed by atoms with van der Waals surface area (Å²) in [6.45, 7) is 5.17. The van der Waals surface area contributed by atoms with Crippen molar-refractivity contribution >= 4 is 5.78 Å². The third-order valence-electron chi connectivity index (χ3n) is 3.66. The lowest BCUT2D eigenvalue weighted by molar-refractivity contribution is -0.128. The number of Topliss-reactive ketones (excluding diaryl/α,β-unsaturated/α-hetero) is 1. The summed E-state index contributed by atoms with van der Waals surface area (Å²) < 4.78 is 5.29. The zero-order valence-electron chi connectivity index (χ0n) is 10.6. The second-order valence-electron chi connectivity index (χ2n) is 5.13. The molecule has 94 valence electrons. The molecule has 1 saturated heterocycles. The summed E-state index contributed by atoms with van der Waals surface area (Å²) in [7, 11) is 0. The van der Waals surface area contributed by atoms with E-state index in [1.807, 2.05) is 6.92 Å². The van der Waals surface area contributed by atoms with E-state index in [-0.39, 0.29) is 11.8 Å².